The molecule has 0 aliphatic heterocycles. The third-order valence-corrected chi connectivity index (χ3v) is 7.84. The van der Waals surface area contributed by atoms with Crippen LogP contribution in [-0.2, 0) is 23.0 Å². The molecule has 0 aliphatic rings. The van der Waals surface area contributed by atoms with E-state index in [1.54, 1.807) is 6.92 Å². The molecule has 0 aliphatic carbocycles. The maximum Gasteiger partial charge on any atom is 0.424 e. The lowest BCUT2D eigenvalue weighted by molar-refractivity contribution is -0.265. The van der Waals surface area contributed by atoms with Gasteiger partial charge >= 0.3 is 12.4 Å². The van der Waals surface area contributed by atoms with Crippen LogP contribution in [0.3, 0.4) is 0 Å². The molecule has 2 aromatic heterocycles. The van der Waals surface area contributed by atoms with Crippen LogP contribution in [0.2, 0.25) is 10.0 Å². The van der Waals surface area contributed by atoms with Gasteiger partial charge in [-0.3, -0.25) is 9.59 Å². The van der Waals surface area contributed by atoms with Crippen LogP contribution >= 0.6 is 23.2 Å². The van der Waals surface area contributed by atoms with E-state index in [1.807, 2.05) is 0 Å². The van der Waals surface area contributed by atoms with Crippen LogP contribution in [0.5, 0.6) is 11.5 Å². The lowest BCUT2D eigenvalue weighted by Crippen LogP contribution is -2.51. The Balaban J connectivity index is 1.84. The molecule has 4 rings (SSSR count). The van der Waals surface area contributed by atoms with Crippen molar-refractivity contribution < 1.29 is 50.5 Å². The third-order valence-electron chi connectivity index (χ3n) is 7.14. The largest absolute Gasteiger partial charge is 0.494 e. The molecule has 0 fully saturated rings. The number of benzene rings is 2. The summed E-state index contributed by atoms with van der Waals surface area (Å²) in [4.78, 5) is 33.4. The minimum absolute atomic E-state index is 0.108. The predicted octanol–water partition coefficient (Wildman–Crippen LogP) is 6.55. The van der Waals surface area contributed by atoms with Crippen LogP contribution in [0, 0.1) is 6.92 Å². The zero-order valence-electron chi connectivity index (χ0n) is 25.2. The molecule has 4 N–H and O–H groups in total. The number of primary amides is 1. The van der Waals surface area contributed by atoms with E-state index in [9.17, 15) is 41.0 Å². The van der Waals surface area contributed by atoms with Crippen LogP contribution in [0.15, 0.2) is 42.5 Å². The summed E-state index contributed by atoms with van der Waals surface area (Å²) in [5, 5.41) is 13.1. The van der Waals surface area contributed by atoms with Crippen LogP contribution in [0.25, 0.3) is 22.2 Å². The second-order valence-corrected chi connectivity index (χ2v) is 11.3. The van der Waals surface area contributed by atoms with Crippen LogP contribution in [0.1, 0.15) is 39.8 Å². The van der Waals surface area contributed by atoms with Crippen molar-refractivity contribution in [3.63, 3.8) is 0 Å². The molecule has 0 saturated heterocycles. The maximum atomic E-state index is 14.7. The van der Waals surface area contributed by atoms with Crippen molar-refractivity contribution in [1.29, 1.82) is 0 Å². The number of aryl methyl sites for hydroxylation is 1. The van der Waals surface area contributed by atoms with Crippen molar-refractivity contribution in [1.82, 2.24) is 15.3 Å². The number of methoxy groups -OCH3 is 1. The number of fused-ring (bicyclic) bond motifs is 1. The van der Waals surface area contributed by atoms with Gasteiger partial charge in [-0.1, -0.05) is 29.3 Å². The molecular weight excluding hydrogens is 693 g/mol. The van der Waals surface area contributed by atoms with Gasteiger partial charge in [0.15, 0.2) is 0 Å². The van der Waals surface area contributed by atoms with Crippen LogP contribution < -0.4 is 20.5 Å². The number of amides is 2. The van der Waals surface area contributed by atoms with Crippen molar-refractivity contribution in [2.24, 2.45) is 5.73 Å². The molecule has 0 bridgehead atoms. The lowest BCUT2D eigenvalue weighted by Gasteiger charge is -2.31. The van der Waals surface area contributed by atoms with Crippen LogP contribution in [-0.4, -0.2) is 53.3 Å². The van der Waals surface area contributed by atoms with Gasteiger partial charge in [-0.15, -0.1) is 0 Å². The number of pyridine rings is 2. The fourth-order valence-electron chi connectivity index (χ4n) is 4.76. The van der Waals surface area contributed by atoms with Gasteiger partial charge in [0.25, 0.3) is 5.91 Å². The van der Waals surface area contributed by atoms with E-state index in [0.29, 0.717) is 22.7 Å². The smallest absolute Gasteiger partial charge is 0.424 e. The molecule has 2 amide bonds. The van der Waals surface area contributed by atoms with Crippen molar-refractivity contribution in [2.75, 3.05) is 20.3 Å². The quantitative estimate of drug-likeness (QED) is 0.158. The number of carbonyl (C=O) groups is 2. The van der Waals surface area contributed by atoms with Gasteiger partial charge in [0, 0.05) is 22.1 Å². The van der Waals surface area contributed by atoms with Gasteiger partial charge in [0.1, 0.15) is 22.7 Å². The molecule has 48 heavy (non-hydrogen) atoms. The second kappa shape index (κ2) is 13.6. The number of rotatable bonds is 10. The van der Waals surface area contributed by atoms with E-state index in [0.717, 1.165) is 18.2 Å². The monoisotopic (exact) mass is 718 g/mol. The molecule has 17 heteroatoms. The summed E-state index contributed by atoms with van der Waals surface area (Å²) < 4.78 is 95.2. The molecule has 0 spiro atoms. The van der Waals surface area contributed by atoms with Gasteiger partial charge in [0.2, 0.25) is 11.5 Å². The van der Waals surface area contributed by atoms with Crippen molar-refractivity contribution >= 4 is 45.9 Å². The minimum atomic E-state index is -5.50. The number of hydrogen-bond donors (Lipinski definition) is 3. The molecule has 0 unspecified atom stereocenters. The highest BCUT2D eigenvalue weighted by molar-refractivity contribution is 6.32. The number of aliphatic hydroxyl groups is 1. The highest BCUT2D eigenvalue weighted by Crippen LogP contribution is 2.43. The van der Waals surface area contributed by atoms with E-state index in [4.69, 9.17) is 38.4 Å². The van der Waals surface area contributed by atoms with E-state index < -0.39 is 64.7 Å². The first-order valence-corrected chi connectivity index (χ1v) is 14.6. The number of nitrogens with zero attached hydrogens (tertiary/aromatic N) is 2. The second-order valence-electron chi connectivity index (χ2n) is 10.5. The fraction of sp³-hybridized carbons (Fsp3) is 0.290. The lowest BCUT2D eigenvalue weighted by atomic mass is 9.93. The number of carbonyl (C=O) groups excluding carboxylic acids is 2. The molecule has 9 nitrogen and oxygen atoms in total. The van der Waals surface area contributed by atoms with Crippen LogP contribution in [0.4, 0.5) is 26.3 Å². The number of alkyl halides is 6. The first kappa shape index (κ1) is 36.5. The standard InChI is InChI=1S/C31H26Cl2F6N4O5/c1-4-48-27-17(12-24(40)44)11-23(43-26(27)15-5-6-19(21(33)8-15)30(34,35)36)29(46,31(37,38)39)13-41-28(45)18-7-16-9-20(32)14(2)42-25(16)22(10-18)47-3/h5-11,46H,4,12-13H2,1-3H3,(H2,40,44)(H,41,45)/t29-/m0/s1. The van der Waals surface area contributed by atoms with Gasteiger partial charge in [-0.05, 0) is 50.2 Å². The van der Waals surface area contributed by atoms with Gasteiger partial charge in [-0.25, -0.2) is 9.97 Å². The normalized spacial score (nSPS) is 13.2. The fourth-order valence-corrected chi connectivity index (χ4v) is 5.21. The van der Waals surface area contributed by atoms with Crippen molar-refractivity contribution in [2.45, 2.75) is 38.2 Å². The molecule has 1 atom stereocenters. The highest BCUT2D eigenvalue weighted by atomic mass is 35.5. The Morgan fingerprint density at radius 3 is 2.25 bits per heavy atom. The average Bonchev–Trinajstić information content (AvgIpc) is 2.99. The molecule has 2 aromatic carbocycles. The van der Waals surface area contributed by atoms with Gasteiger partial charge < -0.3 is 25.6 Å². The molecule has 2 heterocycles. The number of ether oxygens (including phenoxy) is 2. The number of halogens is 8. The third kappa shape index (κ3) is 7.37. The number of nitrogens with two attached hydrogens (primary N) is 1. The minimum Gasteiger partial charge on any atom is -0.494 e. The SMILES string of the molecule is CCOc1c(CC(N)=O)cc([C@@](O)(CNC(=O)c2cc(OC)c3nc(C)c(Cl)cc3c2)C(F)(F)F)nc1-c1ccc(C(F)(F)F)c(Cl)c1. The van der Waals surface area contributed by atoms with Crippen molar-refractivity contribution in [3.05, 3.63) is 80.6 Å². The molecule has 256 valence electrons. The maximum absolute atomic E-state index is 14.7. The van der Waals surface area contributed by atoms with Gasteiger partial charge in [0.05, 0.1) is 53.7 Å². The van der Waals surface area contributed by atoms with E-state index in [2.05, 4.69) is 15.3 Å². The molecule has 0 radical (unpaired) electrons. The van der Waals surface area contributed by atoms with E-state index in [1.165, 1.54) is 32.2 Å². The molecular formula is C31H26Cl2F6N4O5. The highest BCUT2D eigenvalue weighted by Gasteiger charge is 2.57. The first-order chi connectivity index (χ1) is 22.3. The first-order valence-electron chi connectivity index (χ1n) is 13.9. The Kier molecular flexibility index (Phi) is 10.4. The summed E-state index contributed by atoms with van der Waals surface area (Å²) in [6.45, 7) is 1.54. The summed E-state index contributed by atoms with van der Waals surface area (Å²) in [6.07, 6.45) is -11.1. The summed E-state index contributed by atoms with van der Waals surface area (Å²) in [5.74, 6) is -2.24. The Morgan fingerprint density at radius 2 is 1.69 bits per heavy atom. The zero-order valence-corrected chi connectivity index (χ0v) is 26.8. The Hall–Kier alpha value is -4.34. The van der Waals surface area contributed by atoms with Gasteiger partial charge in [-0.2, -0.15) is 26.3 Å². The summed E-state index contributed by atoms with van der Waals surface area (Å²) in [6, 6.07) is 7.04. The van der Waals surface area contributed by atoms with E-state index >= 15 is 0 Å². The summed E-state index contributed by atoms with van der Waals surface area (Å²) >= 11 is 12.0. The zero-order chi connectivity index (χ0) is 35.8. The number of hydrogen-bond acceptors (Lipinski definition) is 7. The number of aromatic nitrogens is 2. The number of nitrogens with one attached hydrogen (secondary N) is 1. The molecule has 0 saturated carbocycles. The Morgan fingerprint density at radius 1 is 1.00 bits per heavy atom. The van der Waals surface area contributed by atoms with Crippen molar-refractivity contribution in [3.8, 4) is 22.8 Å². The Labute approximate surface area is 279 Å². The molecule has 4 aromatic rings. The predicted molar refractivity (Wildman–Crippen MR) is 164 cm³/mol. The summed E-state index contributed by atoms with van der Waals surface area (Å²) in [5.41, 5.74) is -1.28. The average molecular weight is 719 g/mol. The topological polar surface area (TPSA) is 137 Å². The Bertz CT molecular complexity index is 1900. The van der Waals surface area contributed by atoms with E-state index in [-0.39, 0.29) is 39.8 Å². The summed E-state index contributed by atoms with van der Waals surface area (Å²) in [7, 11) is 1.30.